The summed E-state index contributed by atoms with van der Waals surface area (Å²) in [5.41, 5.74) is 0. The van der Waals surface area contributed by atoms with Crippen molar-refractivity contribution in [1.29, 1.82) is 0 Å². The van der Waals surface area contributed by atoms with Crippen LogP contribution in [-0.4, -0.2) is 41.8 Å². The maximum Gasteiger partial charge on any atom is 0.317 e. The molecular weight excluding hydrogens is 168 g/mol. The predicted octanol–water partition coefficient (Wildman–Crippen LogP) is 0.419. The van der Waals surface area contributed by atoms with Crippen molar-refractivity contribution in [2.75, 3.05) is 19.7 Å². The van der Waals surface area contributed by atoms with Gasteiger partial charge in [-0.15, -0.1) is 0 Å². The molecule has 4 heteroatoms. The monoisotopic (exact) mass is 186 g/mol. The van der Waals surface area contributed by atoms with Crippen LogP contribution in [0.2, 0.25) is 0 Å². The third-order valence-corrected chi connectivity index (χ3v) is 2.27. The molecule has 1 fully saturated rings. The Bertz CT molecular complexity index is 182. The van der Waals surface area contributed by atoms with Gasteiger partial charge in [0.25, 0.3) is 0 Å². The lowest BCUT2D eigenvalue weighted by molar-refractivity contribution is 0.172. The molecule has 76 valence electrons. The molecule has 1 atom stereocenters. The van der Waals surface area contributed by atoms with Crippen LogP contribution in [0.25, 0.3) is 0 Å². The fourth-order valence-corrected chi connectivity index (χ4v) is 1.73. The van der Waals surface area contributed by atoms with E-state index in [1.54, 1.807) is 4.90 Å². The number of hydrogen-bond donors (Lipinski definition) is 2. The molecule has 4 nitrogen and oxygen atoms in total. The lowest BCUT2D eigenvalue weighted by Gasteiger charge is -2.23. The van der Waals surface area contributed by atoms with E-state index in [0.29, 0.717) is 12.5 Å². The molecule has 1 saturated heterocycles. The van der Waals surface area contributed by atoms with E-state index in [4.69, 9.17) is 5.11 Å². The van der Waals surface area contributed by atoms with Crippen molar-refractivity contribution in [3.05, 3.63) is 0 Å². The van der Waals surface area contributed by atoms with Crippen LogP contribution in [-0.2, 0) is 0 Å². The SMILES string of the molecule is CC(C)CC1CNC(=O)N1CCO. The topological polar surface area (TPSA) is 52.6 Å². The summed E-state index contributed by atoms with van der Waals surface area (Å²) in [5, 5.41) is 11.6. The lowest BCUT2D eigenvalue weighted by Crippen LogP contribution is -2.37. The van der Waals surface area contributed by atoms with Crippen LogP contribution in [0.5, 0.6) is 0 Å². The van der Waals surface area contributed by atoms with Crippen molar-refractivity contribution in [3.63, 3.8) is 0 Å². The summed E-state index contributed by atoms with van der Waals surface area (Å²) in [6, 6.07) is 0.222. The molecule has 1 aliphatic heterocycles. The third kappa shape index (κ3) is 2.59. The highest BCUT2D eigenvalue weighted by molar-refractivity contribution is 5.76. The number of nitrogens with one attached hydrogen (secondary N) is 1. The van der Waals surface area contributed by atoms with E-state index in [2.05, 4.69) is 19.2 Å². The Hall–Kier alpha value is -0.770. The number of hydrogen-bond acceptors (Lipinski definition) is 2. The summed E-state index contributed by atoms with van der Waals surface area (Å²) < 4.78 is 0. The fraction of sp³-hybridized carbons (Fsp3) is 0.889. The first kappa shape index (κ1) is 10.3. The smallest absolute Gasteiger partial charge is 0.317 e. The van der Waals surface area contributed by atoms with Crippen LogP contribution < -0.4 is 5.32 Å². The standard InChI is InChI=1S/C9H18N2O2/c1-7(2)5-8-6-10-9(13)11(8)3-4-12/h7-8,12H,3-6H2,1-2H3,(H,10,13). The van der Waals surface area contributed by atoms with Gasteiger partial charge in [0.15, 0.2) is 0 Å². The first-order valence-electron chi connectivity index (χ1n) is 4.80. The minimum Gasteiger partial charge on any atom is -0.395 e. The molecule has 1 heterocycles. The summed E-state index contributed by atoms with van der Waals surface area (Å²) in [7, 11) is 0. The second-order valence-corrected chi connectivity index (χ2v) is 3.89. The highest BCUT2D eigenvalue weighted by Crippen LogP contribution is 2.14. The maximum absolute atomic E-state index is 11.3. The average Bonchev–Trinajstić information content (AvgIpc) is 2.35. The zero-order chi connectivity index (χ0) is 9.84. The molecule has 0 spiro atoms. The van der Waals surface area contributed by atoms with Gasteiger partial charge in [-0.05, 0) is 12.3 Å². The second kappa shape index (κ2) is 4.46. The van der Waals surface area contributed by atoms with E-state index < -0.39 is 0 Å². The van der Waals surface area contributed by atoms with E-state index in [9.17, 15) is 4.79 Å². The van der Waals surface area contributed by atoms with Gasteiger partial charge < -0.3 is 15.3 Å². The van der Waals surface area contributed by atoms with Crippen molar-refractivity contribution >= 4 is 6.03 Å². The Morgan fingerprint density at radius 3 is 2.92 bits per heavy atom. The Morgan fingerprint density at radius 2 is 2.38 bits per heavy atom. The molecule has 2 N–H and O–H groups in total. The Balaban J connectivity index is 2.48. The number of nitrogens with zero attached hydrogens (tertiary/aromatic N) is 1. The Kier molecular flexibility index (Phi) is 3.54. The zero-order valence-corrected chi connectivity index (χ0v) is 8.29. The van der Waals surface area contributed by atoms with Crippen molar-refractivity contribution in [2.24, 2.45) is 5.92 Å². The normalized spacial score (nSPS) is 22.6. The maximum atomic E-state index is 11.3. The summed E-state index contributed by atoms with van der Waals surface area (Å²) in [6.45, 7) is 5.49. The van der Waals surface area contributed by atoms with Crippen LogP contribution in [0.3, 0.4) is 0 Å². The summed E-state index contributed by atoms with van der Waals surface area (Å²) in [6.07, 6.45) is 0.999. The van der Waals surface area contributed by atoms with E-state index in [1.807, 2.05) is 0 Å². The summed E-state index contributed by atoms with van der Waals surface area (Å²) >= 11 is 0. The van der Waals surface area contributed by atoms with Gasteiger partial charge >= 0.3 is 6.03 Å². The van der Waals surface area contributed by atoms with E-state index in [1.165, 1.54) is 0 Å². The van der Waals surface area contributed by atoms with Crippen LogP contribution in [0, 0.1) is 5.92 Å². The van der Waals surface area contributed by atoms with Crippen LogP contribution in [0.4, 0.5) is 4.79 Å². The molecule has 1 aliphatic rings. The highest BCUT2D eigenvalue weighted by atomic mass is 16.3. The number of urea groups is 1. The van der Waals surface area contributed by atoms with Gasteiger partial charge in [0.2, 0.25) is 0 Å². The summed E-state index contributed by atoms with van der Waals surface area (Å²) in [4.78, 5) is 13.0. The van der Waals surface area contributed by atoms with Gasteiger partial charge in [-0.25, -0.2) is 4.79 Å². The molecule has 0 radical (unpaired) electrons. The van der Waals surface area contributed by atoms with Gasteiger partial charge in [-0.2, -0.15) is 0 Å². The molecule has 1 unspecified atom stereocenters. The Labute approximate surface area is 78.9 Å². The van der Waals surface area contributed by atoms with E-state index in [0.717, 1.165) is 13.0 Å². The minimum atomic E-state index is -0.0419. The second-order valence-electron chi connectivity index (χ2n) is 3.89. The largest absolute Gasteiger partial charge is 0.395 e. The molecule has 0 aliphatic carbocycles. The molecule has 0 aromatic carbocycles. The average molecular weight is 186 g/mol. The number of carbonyl (C=O) groups excluding carboxylic acids is 1. The molecule has 0 aromatic heterocycles. The van der Waals surface area contributed by atoms with Gasteiger partial charge in [0, 0.05) is 13.1 Å². The molecule has 13 heavy (non-hydrogen) atoms. The first-order valence-corrected chi connectivity index (χ1v) is 4.80. The van der Waals surface area contributed by atoms with Crippen molar-refractivity contribution in [3.8, 4) is 0 Å². The van der Waals surface area contributed by atoms with Crippen LogP contribution >= 0.6 is 0 Å². The van der Waals surface area contributed by atoms with Crippen molar-refractivity contribution in [1.82, 2.24) is 10.2 Å². The first-order chi connectivity index (χ1) is 6.15. The lowest BCUT2D eigenvalue weighted by atomic mass is 10.0. The van der Waals surface area contributed by atoms with Crippen molar-refractivity contribution in [2.45, 2.75) is 26.3 Å². The van der Waals surface area contributed by atoms with Crippen molar-refractivity contribution < 1.29 is 9.90 Å². The van der Waals surface area contributed by atoms with Gasteiger partial charge in [-0.1, -0.05) is 13.8 Å². The fourth-order valence-electron chi connectivity index (χ4n) is 1.73. The number of rotatable bonds is 4. The number of aliphatic hydroxyl groups excluding tert-OH is 1. The number of aliphatic hydroxyl groups is 1. The Morgan fingerprint density at radius 1 is 1.69 bits per heavy atom. The molecule has 2 amide bonds. The number of carbonyl (C=O) groups is 1. The summed E-state index contributed by atoms with van der Waals surface area (Å²) in [5.74, 6) is 0.582. The molecule has 1 rings (SSSR count). The number of amides is 2. The predicted molar refractivity (Wildman–Crippen MR) is 50.4 cm³/mol. The minimum absolute atomic E-state index is 0.0419. The van der Waals surface area contributed by atoms with E-state index in [-0.39, 0.29) is 18.7 Å². The van der Waals surface area contributed by atoms with Crippen LogP contribution in [0.1, 0.15) is 20.3 Å². The zero-order valence-electron chi connectivity index (χ0n) is 8.29. The number of β-amino-alcohol motifs (C(OH)–C–C–N with tert-alkyl or cyclic N) is 1. The van der Waals surface area contributed by atoms with Gasteiger partial charge in [0.1, 0.15) is 0 Å². The molecule has 0 aromatic rings. The molecular formula is C9H18N2O2. The molecule has 0 bridgehead atoms. The van der Waals surface area contributed by atoms with E-state index >= 15 is 0 Å². The molecule has 0 saturated carbocycles. The van der Waals surface area contributed by atoms with Gasteiger partial charge in [0.05, 0.1) is 12.6 Å². The third-order valence-electron chi connectivity index (χ3n) is 2.27. The van der Waals surface area contributed by atoms with Crippen LogP contribution in [0.15, 0.2) is 0 Å². The van der Waals surface area contributed by atoms with Gasteiger partial charge in [-0.3, -0.25) is 0 Å². The quantitative estimate of drug-likeness (QED) is 0.668. The highest BCUT2D eigenvalue weighted by Gasteiger charge is 2.29.